The van der Waals surface area contributed by atoms with Crippen molar-refractivity contribution in [1.29, 1.82) is 0 Å². The maximum absolute atomic E-state index is 13.3. The van der Waals surface area contributed by atoms with Gasteiger partial charge in [-0.3, -0.25) is 14.3 Å². The Morgan fingerprint density at radius 1 is 1.29 bits per heavy atom. The Morgan fingerprint density at radius 2 is 2.00 bits per heavy atom. The molecule has 1 amide bonds. The van der Waals surface area contributed by atoms with Crippen LogP contribution in [0.15, 0.2) is 30.3 Å². The lowest BCUT2D eigenvalue weighted by Crippen LogP contribution is -2.51. The quantitative estimate of drug-likeness (QED) is 0.740. The molecule has 3 rings (SSSR count). The predicted molar refractivity (Wildman–Crippen MR) is 102 cm³/mol. The fourth-order valence-electron chi connectivity index (χ4n) is 3.79. The highest BCUT2D eigenvalue weighted by Gasteiger charge is 2.45. The van der Waals surface area contributed by atoms with E-state index in [4.69, 9.17) is 4.74 Å². The summed E-state index contributed by atoms with van der Waals surface area (Å²) in [6.45, 7) is 4.76. The molecule has 150 valence electrons. The van der Waals surface area contributed by atoms with Gasteiger partial charge in [-0.1, -0.05) is 12.1 Å². The number of piperidine rings is 1. The van der Waals surface area contributed by atoms with E-state index in [1.54, 1.807) is 41.8 Å². The molecule has 1 saturated heterocycles. The first-order valence-electron chi connectivity index (χ1n) is 9.56. The van der Waals surface area contributed by atoms with Crippen molar-refractivity contribution in [2.45, 2.75) is 33.1 Å². The van der Waals surface area contributed by atoms with Crippen molar-refractivity contribution in [2.75, 3.05) is 19.7 Å². The number of amides is 1. The van der Waals surface area contributed by atoms with Crippen LogP contribution in [0.2, 0.25) is 0 Å². The second kappa shape index (κ2) is 8.12. The minimum atomic E-state index is -0.842. The lowest BCUT2D eigenvalue weighted by molar-refractivity contribution is -0.158. The van der Waals surface area contributed by atoms with Crippen molar-refractivity contribution in [3.63, 3.8) is 0 Å². The number of esters is 1. The van der Waals surface area contributed by atoms with Gasteiger partial charge in [0.2, 0.25) is 0 Å². The number of aryl methyl sites for hydroxylation is 2. The molecule has 2 heterocycles. The van der Waals surface area contributed by atoms with Crippen LogP contribution < -0.4 is 0 Å². The van der Waals surface area contributed by atoms with Crippen LogP contribution in [0.25, 0.3) is 0 Å². The Kier molecular flexibility index (Phi) is 5.82. The molecule has 1 aromatic heterocycles. The molecule has 7 heteroatoms. The van der Waals surface area contributed by atoms with Crippen LogP contribution in [0.4, 0.5) is 4.39 Å². The highest BCUT2D eigenvalue weighted by Crippen LogP contribution is 2.36. The van der Waals surface area contributed by atoms with E-state index in [9.17, 15) is 14.0 Å². The second-order valence-corrected chi connectivity index (χ2v) is 7.43. The molecule has 1 atom stereocenters. The number of likely N-dealkylation sites (tertiary alicyclic amines) is 1. The van der Waals surface area contributed by atoms with E-state index < -0.39 is 5.41 Å². The Labute approximate surface area is 164 Å². The first kappa shape index (κ1) is 20.0. The van der Waals surface area contributed by atoms with Gasteiger partial charge < -0.3 is 9.64 Å². The molecule has 0 spiro atoms. The van der Waals surface area contributed by atoms with Crippen molar-refractivity contribution in [3.8, 4) is 0 Å². The van der Waals surface area contributed by atoms with E-state index >= 15 is 0 Å². The SMILES string of the molecule is CCOC(=O)[C@]1(Cc2ccc(F)cc2)CCCN(C(=O)c2cc(C)n(C)n2)C1. The van der Waals surface area contributed by atoms with Crippen LogP contribution in [-0.4, -0.2) is 46.3 Å². The van der Waals surface area contributed by atoms with Crippen molar-refractivity contribution in [1.82, 2.24) is 14.7 Å². The van der Waals surface area contributed by atoms with Crippen molar-refractivity contribution >= 4 is 11.9 Å². The summed E-state index contributed by atoms with van der Waals surface area (Å²) in [5.74, 6) is -0.815. The number of carbonyl (C=O) groups excluding carboxylic acids is 2. The first-order valence-corrected chi connectivity index (χ1v) is 9.56. The van der Waals surface area contributed by atoms with Crippen LogP contribution in [0.5, 0.6) is 0 Å². The Morgan fingerprint density at radius 3 is 2.61 bits per heavy atom. The molecule has 2 aromatic rings. The third kappa shape index (κ3) is 4.08. The second-order valence-electron chi connectivity index (χ2n) is 7.43. The fraction of sp³-hybridized carbons (Fsp3) is 0.476. The zero-order valence-corrected chi connectivity index (χ0v) is 16.6. The normalized spacial score (nSPS) is 19.5. The number of hydrogen-bond donors (Lipinski definition) is 0. The van der Waals surface area contributed by atoms with Crippen LogP contribution in [0, 0.1) is 18.2 Å². The molecule has 1 aromatic carbocycles. The molecule has 1 fully saturated rings. The zero-order valence-electron chi connectivity index (χ0n) is 16.6. The predicted octanol–water partition coefficient (Wildman–Crippen LogP) is 2.90. The average Bonchev–Trinajstić information content (AvgIpc) is 3.02. The molecule has 0 bridgehead atoms. The molecule has 1 aliphatic heterocycles. The molecule has 0 unspecified atom stereocenters. The summed E-state index contributed by atoms with van der Waals surface area (Å²) in [6.07, 6.45) is 1.71. The van der Waals surface area contributed by atoms with Crippen molar-refractivity contribution in [3.05, 3.63) is 53.1 Å². The highest BCUT2D eigenvalue weighted by molar-refractivity contribution is 5.93. The smallest absolute Gasteiger partial charge is 0.314 e. The van der Waals surface area contributed by atoms with Gasteiger partial charge in [-0.15, -0.1) is 0 Å². The molecular weight excluding hydrogens is 361 g/mol. The zero-order chi connectivity index (χ0) is 20.3. The Hall–Kier alpha value is -2.70. The number of carbonyl (C=O) groups is 2. The van der Waals surface area contributed by atoms with Crippen molar-refractivity contribution < 1.29 is 18.7 Å². The fourth-order valence-corrected chi connectivity index (χ4v) is 3.79. The molecule has 0 saturated carbocycles. The number of nitrogens with zero attached hydrogens (tertiary/aromatic N) is 3. The van der Waals surface area contributed by atoms with Gasteiger partial charge in [0.05, 0.1) is 12.0 Å². The Bertz CT molecular complexity index is 843. The summed E-state index contributed by atoms with van der Waals surface area (Å²) >= 11 is 0. The van der Waals surface area contributed by atoms with Gasteiger partial charge >= 0.3 is 5.97 Å². The molecule has 0 aliphatic carbocycles. The van der Waals surface area contributed by atoms with Crippen LogP contribution in [-0.2, 0) is 23.0 Å². The number of hydrogen-bond acceptors (Lipinski definition) is 4. The summed E-state index contributed by atoms with van der Waals surface area (Å²) in [4.78, 5) is 27.6. The average molecular weight is 387 g/mol. The first-order chi connectivity index (χ1) is 13.3. The van der Waals surface area contributed by atoms with Crippen molar-refractivity contribution in [2.24, 2.45) is 12.5 Å². The number of ether oxygens (including phenoxy) is 1. The van der Waals surface area contributed by atoms with Gasteiger partial charge in [0.25, 0.3) is 5.91 Å². The third-order valence-electron chi connectivity index (χ3n) is 5.36. The van der Waals surface area contributed by atoms with E-state index in [0.717, 1.165) is 11.3 Å². The number of rotatable bonds is 5. The number of aromatic nitrogens is 2. The topological polar surface area (TPSA) is 64.4 Å². The van der Waals surface area contributed by atoms with Gasteiger partial charge in [0.15, 0.2) is 5.69 Å². The minimum absolute atomic E-state index is 0.184. The standard InChI is InChI=1S/C21H26FN3O3/c1-4-28-20(27)21(13-16-6-8-17(22)9-7-16)10-5-11-25(14-21)19(26)18-12-15(2)24(3)23-18/h6-9,12H,4-5,10-11,13-14H2,1-3H3/t21-/m0/s1. The van der Waals surface area contributed by atoms with Gasteiger partial charge in [0.1, 0.15) is 5.82 Å². The van der Waals surface area contributed by atoms with Crippen LogP contribution in [0.3, 0.4) is 0 Å². The van der Waals surface area contributed by atoms with Gasteiger partial charge in [0, 0.05) is 25.8 Å². The number of halogens is 1. The molecular formula is C21H26FN3O3. The van der Waals surface area contributed by atoms with E-state index in [2.05, 4.69) is 5.10 Å². The third-order valence-corrected chi connectivity index (χ3v) is 5.36. The summed E-state index contributed by atoms with van der Waals surface area (Å²) < 4.78 is 20.3. The minimum Gasteiger partial charge on any atom is -0.466 e. The van der Waals surface area contributed by atoms with Gasteiger partial charge in [-0.05, 0) is 56.9 Å². The van der Waals surface area contributed by atoms with Crippen LogP contribution in [0.1, 0.15) is 41.5 Å². The molecule has 1 aliphatic rings. The van der Waals surface area contributed by atoms with Crippen LogP contribution >= 0.6 is 0 Å². The van der Waals surface area contributed by atoms with Gasteiger partial charge in [-0.2, -0.15) is 5.10 Å². The summed E-state index contributed by atoms with van der Waals surface area (Å²) in [7, 11) is 1.79. The highest BCUT2D eigenvalue weighted by atomic mass is 19.1. The molecule has 28 heavy (non-hydrogen) atoms. The van der Waals surface area contributed by atoms with E-state index in [0.29, 0.717) is 31.5 Å². The molecule has 0 radical (unpaired) electrons. The summed E-state index contributed by atoms with van der Waals surface area (Å²) in [6, 6.07) is 7.88. The number of benzene rings is 1. The molecule has 0 N–H and O–H groups in total. The lowest BCUT2D eigenvalue weighted by Gasteiger charge is -2.40. The maximum atomic E-state index is 13.3. The lowest BCUT2D eigenvalue weighted by atomic mass is 9.75. The maximum Gasteiger partial charge on any atom is 0.314 e. The largest absolute Gasteiger partial charge is 0.466 e. The van der Waals surface area contributed by atoms with E-state index in [1.165, 1.54) is 12.1 Å². The summed E-state index contributed by atoms with van der Waals surface area (Å²) in [5.41, 5.74) is 1.27. The summed E-state index contributed by atoms with van der Waals surface area (Å²) in [5, 5.41) is 4.28. The monoisotopic (exact) mass is 387 g/mol. The van der Waals surface area contributed by atoms with E-state index in [-0.39, 0.29) is 30.8 Å². The van der Waals surface area contributed by atoms with E-state index in [1.807, 2.05) is 6.92 Å². The Balaban J connectivity index is 1.87. The van der Waals surface area contributed by atoms with Gasteiger partial charge in [-0.25, -0.2) is 4.39 Å². The molecule has 6 nitrogen and oxygen atoms in total.